The molecule has 24 heavy (non-hydrogen) atoms. The molecule has 0 bridgehead atoms. The molecule has 0 radical (unpaired) electrons. The van der Waals surface area contributed by atoms with E-state index in [0.717, 1.165) is 22.9 Å². The van der Waals surface area contributed by atoms with Crippen LogP contribution in [-0.2, 0) is 0 Å². The van der Waals surface area contributed by atoms with E-state index in [9.17, 15) is 9.18 Å². The summed E-state index contributed by atoms with van der Waals surface area (Å²) in [6.07, 6.45) is 0. The van der Waals surface area contributed by atoms with Crippen LogP contribution < -0.4 is 27.7 Å². The van der Waals surface area contributed by atoms with Crippen LogP contribution >= 0.6 is 0 Å². The second-order valence-corrected chi connectivity index (χ2v) is 5.21. The lowest BCUT2D eigenvalue weighted by molar-refractivity contribution is 0.0976. The number of hydrazone groups is 1. The SMILES string of the molecule is Cc1ccc(Nc2ccc(F)cc2C(=O)N/C(=N/N)NN)c(C)c1. The predicted molar refractivity (Wildman–Crippen MR) is 92.0 cm³/mol. The Kier molecular flexibility index (Phi) is 5.33. The number of hydrogen-bond donors (Lipinski definition) is 5. The highest BCUT2D eigenvalue weighted by molar-refractivity contribution is 6.08. The Bertz CT molecular complexity index is 790. The van der Waals surface area contributed by atoms with Gasteiger partial charge in [0.2, 0.25) is 5.96 Å². The Hall–Kier alpha value is -3.13. The van der Waals surface area contributed by atoms with Gasteiger partial charge < -0.3 is 11.2 Å². The number of halogens is 1. The van der Waals surface area contributed by atoms with Gasteiger partial charge in [-0.05, 0) is 43.7 Å². The number of nitrogens with one attached hydrogen (secondary N) is 3. The maximum atomic E-state index is 13.6. The molecular weight excluding hydrogens is 311 g/mol. The summed E-state index contributed by atoms with van der Waals surface area (Å²) in [6, 6.07) is 9.70. The van der Waals surface area contributed by atoms with Crippen LogP contribution in [0, 0.1) is 19.7 Å². The Morgan fingerprint density at radius 1 is 1.12 bits per heavy atom. The van der Waals surface area contributed by atoms with Crippen molar-refractivity contribution in [3.63, 3.8) is 0 Å². The van der Waals surface area contributed by atoms with Gasteiger partial charge in [-0.15, -0.1) is 5.10 Å². The Labute approximate surface area is 138 Å². The van der Waals surface area contributed by atoms with Crippen molar-refractivity contribution in [2.24, 2.45) is 16.8 Å². The molecule has 0 saturated carbocycles. The van der Waals surface area contributed by atoms with Gasteiger partial charge in [0.15, 0.2) is 0 Å². The van der Waals surface area contributed by atoms with Crippen LogP contribution in [0.15, 0.2) is 41.5 Å². The third kappa shape index (κ3) is 3.99. The van der Waals surface area contributed by atoms with Crippen molar-refractivity contribution < 1.29 is 9.18 Å². The Morgan fingerprint density at radius 3 is 2.46 bits per heavy atom. The lowest BCUT2D eigenvalue weighted by Gasteiger charge is -2.15. The molecule has 126 valence electrons. The van der Waals surface area contributed by atoms with Gasteiger partial charge >= 0.3 is 0 Å². The second-order valence-electron chi connectivity index (χ2n) is 5.21. The van der Waals surface area contributed by atoms with Crippen LogP contribution in [0.1, 0.15) is 21.5 Å². The highest BCUT2D eigenvalue weighted by atomic mass is 19.1. The molecule has 1 amide bonds. The van der Waals surface area contributed by atoms with Crippen LogP contribution in [0.3, 0.4) is 0 Å². The molecular formula is C16H19FN6O. The van der Waals surface area contributed by atoms with Crippen LogP contribution in [0.2, 0.25) is 0 Å². The van der Waals surface area contributed by atoms with Crippen LogP contribution in [0.25, 0.3) is 0 Å². The van der Waals surface area contributed by atoms with Crippen molar-refractivity contribution in [2.45, 2.75) is 13.8 Å². The molecule has 0 aliphatic carbocycles. The summed E-state index contributed by atoms with van der Waals surface area (Å²) in [7, 11) is 0. The lowest BCUT2D eigenvalue weighted by Crippen LogP contribution is -2.45. The summed E-state index contributed by atoms with van der Waals surface area (Å²) >= 11 is 0. The largest absolute Gasteiger partial charge is 0.355 e. The number of anilines is 2. The molecule has 0 heterocycles. The molecule has 0 saturated heterocycles. The number of hydrogen-bond acceptors (Lipinski definition) is 5. The monoisotopic (exact) mass is 330 g/mol. The molecule has 2 rings (SSSR count). The zero-order valence-electron chi connectivity index (χ0n) is 13.4. The van der Waals surface area contributed by atoms with Crippen molar-refractivity contribution in [1.29, 1.82) is 0 Å². The van der Waals surface area contributed by atoms with E-state index >= 15 is 0 Å². The number of hydrazine groups is 1. The second kappa shape index (κ2) is 7.42. The fourth-order valence-corrected chi connectivity index (χ4v) is 2.19. The molecule has 7 nitrogen and oxygen atoms in total. The van der Waals surface area contributed by atoms with Crippen molar-refractivity contribution in [1.82, 2.24) is 10.7 Å². The van der Waals surface area contributed by atoms with E-state index in [0.29, 0.717) is 5.69 Å². The van der Waals surface area contributed by atoms with Crippen molar-refractivity contribution >= 4 is 23.2 Å². The molecule has 2 aromatic rings. The highest BCUT2D eigenvalue weighted by Crippen LogP contribution is 2.25. The van der Waals surface area contributed by atoms with Gasteiger partial charge in [0.25, 0.3) is 5.91 Å². The number of aryl methyl sites for hydroxylation is 2. The van der Waals surface area contributed by atoms with E-state index in [1.807, 2.05) is 32.0 Å². The van der Waals surface area contributed by atoms with Crippen molar-refractivity contribution in [2.75, 3.05) is 5.32 Å². The molecule has 0 spiro atoms. The third-order valence-corrected chi connectivity index (χ3v) is 3.38. The number of nitrogens with two attached hydrogens (primary N) is 2. The lowest BCUT2D eigenvalue weighted by atomic mass is 10.1. The summed E-state index contributed by atoms with van der Waals surface area (Å²) in [4.78, 5) is 12.3. The van der Waals surface area contributed by atoms with Gasteiger partial charge in [-0.1, -0.05) is 17.7 Å². The zero-order chi connectivity index (χ0) is 17.7. The van der Waals surface area contributed by atoms with Gasteiger partial charge in [-0.3, -0.25) is 15.5 Å². The third-order valence-electron chi connectivity index (χ3n) is 3.38. The molecule has 0 aromatic heterocycles. The number of carbonyl (C=O) groups excluding carboxylic acids is 1. The van der Waals surface area contributed by atoms with Gasteiger partial charge in [0.1, 0.15) is 5.82 Å². The van der Waals surface area contributed by atoms with E-state index in [4.69, 9.17) is 11.7 Å². The first kappa shape index (κ1) is 17.2. The number of benzene rings is 2. The summed E-state index contributed by atoms with van der Waals surface area (Å²) in [6.45, 7) is 3.93. The average molecular weight is 330 g/mol. The number of carbonyl (C=O) groups is 1. The van der Waals surface area contributed by atoms with Gasteiger partial charge in [0, 0.05) is 5.69 Å². The average Bonchev–Trinajstić information content (AvgIpc) is 2.56. The first-order valence-electron chi connectivity index (χ1n) is 7.14. The minimum Gasteiger partial charge on any atom is -0.355 e. The summed E-state index contributed by atoms with van der Waals surface area (Å²) in [5.74, 6) is 8.96. The molecule has 7 N–H and O–H groups in total. The topological polar surface area (TPSA) is 118 Å². The first-order chi connectivity index (χ1) is 11.4. The normalized spacial score (nSPS) is 11.1. The van der Waals surface area contributed by atoms with Crippen LogP contribution in [0.4, 0.5) is 15.8 Å². The number of guanidine groups is 1. The van der Waals surface area contributed by atoms with Crippen LogP contribution in [0.5, 0.6) is 0 Å². The molecule has 8 heteroatoms. The maximum absolute atomic E-state index is 13.6. The maximum Gasteiger partial charge on any atom is 0.260 e. The molecule has 0 unspecified atom stereocenters. The predicted octanol–water partition coefficient (Wildman–Crippen LogP) is 1.61. The fourth-order valence-electron chi connectivity index (χ4n) is 2.19. The minimum absolute atomic E-state index is 0.0892. The summed E-state index contributed by atoms with van der Waals surface area (Å²) in [5.41, 5.74) is 5.59. The smallest absolute Gasteiger partial charge is 0.260 e. The number of rotatable bonds is 3. The zero-order valence-corrected chi connectivity index (χ0v) is 13.4. The fraction of sp³-hybridized carbons (Fsp3) is 0.125. The standard InChI is InChI=1S/C16H19FN6O/c1-9-3-5-13(10(2)7-9)20-14-6-4-11(17)8-12(14)15(24)21-16(22-18)23-19/h3-8,20H,18-19H2,1-2H3,(H2,21,22,23,24). The van der Waals surface area contributed by atoms with E-state index < -0.39 is 11.7 Å². The molecule has 0 fully saturated rings. The molecule has 0 aliphatic rings. The summed E-state index contributed by atoms with van der Waals surface area (Å²) in [5, 5.41) is 8.75. The van der Waals surface area contributed by atoms with Crippen LogP contribution in [-0.4, -0.2) is 11.9 Å². The Balaban J connectivity index is 2.35. The van der Waals surface area contributed by atoms with E-state index in [1.54, 1.807) is 0 Å². The van der Waals surface area contributed by atoms with E-state index in [-0.39, 0.29) is 11.5 Å². The van der Waals surface area contributed by atoms with Gasteiger partial charge in [-0.2, -0.15) is 0 Å². The minimum atomic E-state index is -0.607. The highest BCUT2D eigenvalue weighted by Gasteiger charge is 2.15. The van der Waals surface area contributed by atoms with Gasteiger partial charge in [0.05, 0.1) is 11.3 Å². The summed E-state index contributed by atoms with van der Waals surface area (Å²) < 4.78 is 13.6. The number of amides is 1. The van der Waals surface area contributed by atoms with Gasteiger partial charge in [-0.25, -0.2) is 10.2 Å². The Morgan fingerprint density at radius 2 is 1.83 bits per heavy atom. The van der Waals surface area contributed by atoms with E-state index in [2.05, 4.69) is 21.2 Å². The molecule has 0 atom stereocenters. The molecule has 2 aromatic carbocycles. The van der Waals surface area contributed by atoms with Crippen molar-refractivity contribution in [3.8, 4) is 0 Å². The molecule has 0 aliphatic heterocycles. The number of nitrogens with zero attached hydrogens (tertiary/aromatic N) is 1. The quantitative estimate of drug-likeness (QED) is 0.254. The first-order valence-corrected chi connectivity index (χ1v) is 7.14. The van der Waals surface area contributed by atoms with E-state index in [1.165, 1.54) is 12.1 Å². The van der Waals surface area contributed by atoms with Crippen molar-refractivity contribution in [3.05, 3.63) is 58.9 Å².